The van der Waals surface area contributed by atoms with Gasteiger partial charge in [-0.1, -0.05) is 66.7 Å². The Bertz CT molecular complexity index is 1000. The van der Waals surface area contributed by atoms with Crippen molar-refractivity contribution in [2.45, 2.75) is 42.5 Å². The van der Waals surface area contributed by atoms with Crippen molar-refractivity contribution in [3.05, 3.63) is 77.9 Å². The molecule has 1 N–H and O–H groups in total. The van der Waals surface area contributed by atoms with Crippen molar-refractivity contribution in [3.63, 3.8) is 0 Å². The first-order chi connectivity index (χ1) is 15.6. The molecule has 166 valence electrons. The van der Waals surface area contributed by atoms with Gasteiger partial charge in [0.05, 0.1) is 0 Å². The zero-order chi connectivity index (χ0) is 22.3. The highest BCUT2D eigenvalue weighted by atomic mass is 32.2. The van der Waals surface area contributed by atoms with E-state index in [-0.39, 0.29) is 11.8 Å². The van der Waals surface area contributed by atoms with Crippen LogP contribution in [0, 0.1) is 12.8 Å². The van der Waals surface area contributed by atoms with E-state index in [1.807, 2.05) is 30.3 Å². The summed E-state index contributed by atoms with van der Waals surface area (Å²) in [5.74, 6) is 1.43. The highest BCUT2D eigenvalue weighted by Gasteiger charge is 2.26. The standard InChI is InChI=1S/C26H30N4OS/c1-19-8-10-23(11-9-19)32-25-13-12-24(28-29-25)30-16-14-22(15-17-30)26(31)27-18-20(2)21-6-4-3-5-7-21/h3-13,20,22H,14-18H2,1-2H3,(H,27,31). The number of piperidine rings is 1. The highest BCUT2D eigenvalue weighted by molar-refractivity contribution is 7.99. The lowest BCUT2D eigenvalue weighted by Crippen LogP contribution is -2.41. The summed E-state index contributed by atoms with van der Waals surface area (Å²) in [5.41, 5.74) is 2.50. The summed E-state index contributed by atoms with van der Waals surface area (Å²) in [4.78, 5) is 16.0. The largest absolute Gasteiger partial charge is 0.355 e. The minimum atomic E-state index is 0.0681. The SMILES string of the molecule is Cc1ccc(Sc2ccc(N3CCC(C(=O)NCC(C)c4ccccc4)CC3)nn2)cc1. The molecule has 0 spiro atoms. The Morgan fingerprint density at radius 2 is 1.75 bits per heavy atom. The van der Waals surface area contributed by atoms with Gasteiger partial charge in [0, 0.05) is 30.4 Å². The van der Waals surface area contributed by atoms with E-state index >= 15 is 0 Å². The molecule has 1 amide bonds. The molecular weight excluding hydrogens is 416 g/mol. The number of carbonyl (C=O) groups excluding carboxylic acids is 1. The van der Waals surface area contributed by atoms with Gasteiger partial charge in [-0.05, 0) is 55.5 Å². The van der Waals surface area contributed by atoms with Gasteiger partial charge in [-0.15, -0.1) is 10.2 Å². The molecule has 1 atom stereocenters. The predicted octanol–water partition coefficient (Wildman–Crippen LogP) is 5.07. The van der Waals surface area contributed by atoms with E-state index in [1.165, 1.54) is 11.1 Å². The number of carbonyl (C=O) groups is 1. The molecule has 0 saturated carbocycles. The molecule has 0 radical (unpaired) electrons. The van der Waals surface area contributed by atoms with Crippen LogP contribution in [0.1, 0.15) is 36.8 Å². The second kappa shape index (κ2) is 10.6. The molecule has 0 aliphatic carbocycles. The molecule has 2 aromatic carbocycles. The van der Waals surface area contributed by atoms with Crippen LogP contribution in [-0.2, 0) is 4.79 Å². The summed E-state index contributed by atoms with van der Waals surface area (Å²) in [7, 11) is 0. The van der Waals surface area contributed by atoms with Crippen molar-refractivity contribution in [2.75, 3.05) is 24.5 Å². The number of aryl methyl sites for hydroxylation is 1. The highest BCUT2D eigenvalue weighted by Crippen LogP contribution is 2.27. The molecule has 3 aromatic rings. The number of benzene rings is 2. The minimum Gasteiger partial charge on any atom is -0.355 e. The maximum atomic E-state index is 12.7. The Balaban J connectivity index is 1.24. The van der Waals surface area contributed by atoms with Crippen molar-refractivity contribution < 1.29 is 4.79 Å². The zero-order valence-electron chi connectivity index (χ0n) is 18.7. The van der Waals surface area contributed by atoms with Crippen molar-refractivity contribution in [2.24, 2.45) is 5.92 Å². The van der Waals surface area contributed by atoms with Gasteiger partial charge in [-0.2, -0.15) is 0 Å². The Morgan fingerprint density at radius 3 is 2.41 bits per heavy atom. The molecule has 5 nitrogen and oxygen atoms in total. The second-order valence-electron chi connectivity index (χ2n) is 8.46. The second-order valence-corrected chi connectivity index (χ2v) is 9.56. The number of amides is 1. The number of anilines is 1. The molecule has 2 heterocycles. The summed E-state index contributed by atoms with van der Waals surface area (Å²) >= 11 is 1.62. The van der Waals surface area contributed by atoms with Crippen LogP contribution in [0.5, 0.6) is 0 Å². The molecular formula is C26H30N4OS. The Hall–Kier alpha value is -2.86. The smallest absolute Gasteiger partial charge is 0.223 e. The fraction of sp³-hybridized carbons (Fsp3) is 0.346. The molecule has 0 bridgehead atoms. The van der Waals surface area contributed by atoms with Crippen LogP contribution in [0.4, 0.5) is 5.82 Å². The average Bonchev–Trinajstić information content (AvgIpc) is 2.85. The van der Waals surface area contributed by atoms with Crippen LogP contribution in [-0.4, -0.2) is 35.7 Å². The fourth-order valence-electron chi connectivity index (χ4n) is 3.93. The Kier molecular flexibility index (Phi) is 7.43. The normalized spacial score (nSPS) is 15.4. The first-order valence-corrected chi connectivity index (χ1v) is 12.1. The fourth-order valence-corrected chi connectivity index (χ4v) is 4.66. The molecule has 6 heteroatoms. The van der Waals surface area contributed by atoms with E-state index in [0.29, 0.717) is 12.5 Å². The van der Waals surface area contributed by atoms with Crippen LogP contribution >= 0.6 is 11.8 Å². The van der Waals surface area contributed by atoms with Crippen LogP contribution in [0.3, 0.4) is 0 Å². The van der Waals surface area contributed by atoms with Crippen LogP contribution in [0.2, 0.25) is 0 Å². The quantitative estimate of drug-likeness (QED) is 0.549. The van der Waals surface area contributed by atoms with Gasteiger partial charge in [0.25, 0.3) is 0 Å². The maximum absolute atomic E-state index is 12.7. The van der Waals surface area contributed by atoms with Crippen molar-refractivity contribution in [1.82, 2.24) is 15.5 Å². The van der Waals surface area contributed by atoms with Gasteiger partial charge in [-0.25, -0.2) is 0 Å². The van der Waals surface area contributed by atoms with Crippen LogP contribution in [0.25, 0.3) is 0 Å². The van der Waals surface area contributed by atoms with Crippen LogP contribution in [0.15, 0.2) is 76.7 Å². The molecule has 4 rings (SSSR count). The maximum Gasteiger partial charge on any atom is 0.223 e. The molecule has 32 heavy (non-hydrogen) atoms. The number of aromatic nitrogens is 2. The lowest BCUT2D eigenvalue weighted by atomic mass is 9.95. The number of hydrogen-bond donors (Lipinski definition) is 1. The topological polar surface area (TPSA) is 58.1 Å². The summed E-state index contributed by atoms with van der Waals surface area (Å²) < 4.78 is 0. The third kappa shape index (κ3) is 5.88. The average molecular weight is 447 g/mol. The van der Waals surface area contributed by atoms with E-state index in [0.717, 1.165) is 41.7 Å². The molecule has 1 aliphatic rings. The molecule has 1 aliphatic heterocycles. The number of nitrogens with zero attached hydrogens (tertiary/aromatic N) is 3. The molecule has 1 saturated heterocycles. The van der Waals surface area contributed by atoms with E-state index in [4.69, 9.17) is 0 Å². The van der Waals surface area contributed by atoms with Crippen molar-refractivity contribution >= 4 is 23.5 Å². The van der Waals surface area contributed by atoms with E-state index in [9.17, 15) is 4.79 Å². The van der Waals surface area contributed by atoms with Gasteiger partial charge in [0.2, 0.25) is 5.91 Å². The van der Waals surface area contributed by atoms with Crippen molar-refractivity contribution in [3.8, 4) is 0 Å². The lowest BCUT2D eigenvalue weighted by molar-refractivity contribution is -0.125. The number of hydrogen-bond acceptors (Lipinski definition) is 5. The molecule has 1 fully saturated rings. The molecule has 1 aromatic heterocycles. The zero-order valence-corrected chi connectivity index (χ0v) is 19.5. The summed E-state index contributed by atoms with van der Waals surface area (Å²) in [6.45, 7) is 6.56. The van der Waals surface area contributed by atoms with Gasteiger partial charge < -0.3 is 10.2 Å². The summed E-state index contributed by atoms with van der Waals surface area (Å²) in [6, 6.07) is 22.8. The van der Waals surface area contributed by atoms with Gasteiger partial charge >= 0.3 is 0 Å². The molecule has 1 unspecified atom stereocenters. The lowest BCUT2D eigenvalue weighted by Gasteiger charge is -2.32. The minimum absolute atomic E-state index is 0.0681. The summed E-state index contributed by atoms with van der Waals surface area (Å²) in [6.07, 6.45) is 1.68. The Labute approximate surface area is 194 Å². The number of rotatable bonds is 7. The first-order valence-electron chi connectivity index (χ1n) is 11.2. The van der Waals surface area contributed by atoms with Crippen molar-refractivity contribution in [1.29, 1.82) is 0 Å². The van der Waals surface area contributed by atoms with Gasteiger partial charge in [-0.3, -0.25) is 4.79 Å². The predicted molar refractivity (Wildman–Crippen MR) is 130 cm³/mol. The van der Waals surface area contributed by atoms with E-state index in [2.05, 4.69) is 70.7 Å². The van der Waals surface area contributed by atoms with Crippen LogP contribution < -0.4 is 10.2 Å². The third-order valence-corrected chi connectivity index (χ3v) is 6.94. The monoisotopic (exact) mass is 446 g/mol. The first kappa shape index (κ1) is 22.3. The third-order valence-electron chi connectivity index (χ3n) is 6.01. The van der Waals surface area contributed by atoms with E-state index < -0.39 is 0 Å². The number of nitrogens with one attached hydrogen (secondary N) is 1. The van der Waals surface area contributed by atoms with E-state index in [1.54, 1.807) is 11.8 Å². The van der Waals surface area contributed by atoms with Gasteiger partial charge in [0.1, 0.15) is 5.03 Å². The van der Waals surface area contributed by atoms with Gasteiger partial charge in [0.15, 0.2) is 5.82 Å². The summed E-state index contributed by atoms with van der Waals surface area (Å²) in [5, 5.41) is 12.9. The Morgan fingerprint density at radius 1 is 1.03 bits per heavy atom.